The Morgan fingerprint density at radius 3 is 2.04 bits per heavy atom. The van der Waals surface area contributed by atoms with Gasteiger partial charge in [-0.1, -0.05) is 6.07 Å². The minimum atomic E-state index is 0. The fourth-order valence-corrected chi connectivity index (χ4v) is 2.16. The summed E-state index contributed by atoms with van der Waals surface area (Å²) in [5.41, 5.74) is 1.04. The first-order chi connectivity index (χ1) is 10.7. The van der Waals surface area contributed by atoms with Crippen LogP contribution in [0.2, 0.25) is 0 Å². The second-order valence-electron chi connectivity index (χ2n) is 4.53. The molecule has 6 nitrogen and oxygen atoms in total. The van der Waals surface area contributed by atoms with Crippen molar-refractivity contribution in [2.75, 3.05) is 41.0 Å². The number of methoxy groups -OCH3 is 3. The molecule has 0 heterocycles. The molecular weight excluding hydrogens is 409 g/mol. The van der Waals surface area contributed by atoms with Crippen molar-refractivity contribution in [1.82, 2.24) is 10.6 Å². The molecule has 0 unspecified atom stereocenters. The summed E-state index contributed by atoms with van der Waals surface area (Å²) in [5.74, 6) is 2.80. The molecule has 0 radical (unpaired) electrons. The first kappa shape index (κ1) is 21.6. The maximum absolute atomic E-state index is 5.48. The van der Waals surface area contributed by atoms with E-state index in [9.17, 15) is 0 Å². The lowest BCUT2D eigenvalue weighted by molar-refractivity contribution is 0.322. The smallest absolute Gasteiger partial charge is 0.203 e. The van der Waals surface area contributed by atoms with Gasteiger partial charge in [0, 0.05) is 25.2 Å². The lowest BCUT2D eigenvalue weighted by Crippen LogP contribution is -2.37. The predicted molar refractivity (Wildman–Crippen MR) is 105 cm³/mol. The van der Waals surface area contributed by atoms with Gasteiger partial charge in [0.2, 0.25) is 5.75 Å². The van der Waals surface area contributed by atoms with E-state index in [4.69, 9.17) is 14.2 Å². The fraction of sp³-hybridized carbons (Fsp3) is 0.562. The highest BCUT2D eigenvalue weighted by Gasteiger charge is 2.15. The summed E-state index contributed by atoms with van der Waals surface area (Å²) in [4.78, 5) is 4.54. The molecule has 0 aromatic heterocycles. The van der Waals surface area contributed by atoms with E-state index in [0.29, 0.717) is 23.8 Å². The minimum absolute atomic E-state index is 0. The van der Waals surface area contributed by atoms with E-state index < -0.39 is 0 Å². The summed E-state index contributed by atoms with van der Waals surface area (Å²) in [6, 6.07) is 3.87. The van der Waals surface area contributed by atoms with Crippen molar-refractivity contribution in [3.05, 3.63) is 17.7 Å². The molecule has 0 bridgehead atoms. The molecule has 0 amide bonds. The summed E-state index contributed by atoms with van der Waals surface area (Å²) in [7, 11) is 4.85. The van der Waals surface area contributed by atoms with E-state index in [1.54, 1.807) is 21.3 Å². The number of halogens is 1. The van der Waals surface area contributed by atoms with Crippen LogP contribution in [0.3, 0.4) is 0 Å². The van der Waals surface area contributed by atoms with Gasteiger partial charge < -0.3 is 24.8 Å². The van der Waals surface area contributed by atoms with Gasteiger partial charge in [0.15, 0.2) is 17.5 Å². The average molecular weight is 437 g/mol. The largest absolute Gasteiger partial charge is 0.493 e. The lowest BCUT2D eigenvalue weighted by atomic mass is 10.1. The minimum Gasteiger partial charge on any atom is -0.493 e. The van der Waals surface area contributed by atoms with Crippen LogP contribution in [0, 0.1) is 0 Å². The molecule has 0 atom stereocenters. The monoisotopic (exact) mass is 437 g/mol. The van der Waals surface area contributed by atoms with Crippen molar-refractivity contribution in [2.24, 2.45) is 4.99 Å². The molecule has 1 aromatic carbocycles. The Morgan fingerprint density at radius 2 is 1.57 bits per heavy atom. The normalized spacial score (nSPS) is 9.43. The number of nitrogens with one attached hydrogen (secondary N) is 2. The molecule has 0 fully saturated rings. The Kier molecular flexibility index (Phi) is 11.4. The van der Waals surface area contributed by atoms with Crippen LogP contribution in [-0.4, -0.2) is 46.9 Å². The first-order valence-corrected chi connectivity index (χ1v) is 7.51. The van der Waals surface area contributed by atoms with Gasteiger partial charge in [-0.25, -0.2) is 0 Å². The molecule has 1 aromatic rings. The summed E-state index contributed by atoms with van der Waals surface area (Å²) in [6.45, 7) is 6.42. The number of nitrogens with zero attached hydrogens (tertiary/aromatic N) is 1. The van der Waals surface area contributed by atoms with Crippen molar-refractivity contribution < 1.29 is 14.2 Å². The van der Waals surface area contributed by atoms with Gasteiger partial charge >= 0.3 is 0 Å². The molecule has 0 saturated heterocycles. The number of hydrogen-bond donors (Lipinski definition) is 2. The van der Waals surface area contributed by atoms with Gasteiger partial charge in [-0.15, -0.1) is 24.0 Å². The second kappa shape index (κ2) is 12.1. The highest BCUT2D eigenvalue weighted by molar-refractivity contribution is 14.0. The molecule has 0 aliphatic rings. The summed E-state index contributed by atoms with van der Waals surface area (Å²) >= 11 is 0. The fourth-order valence-electron chi connectivity index (χ4n) is 2.16. The van der Waals surface area contributed by atoms with Gasteiger partial charge in [0.05, 0.1) is 21.3 Å². The highest BCUT2D eigenvalue weighted by atomic mass is 127. The Hall–Kier alpha value is -1.38. The second-order valence-corrected chi connectivity index (χ2v) is 4.53. The topological polar surface area (TPSA) is 64.1 Å². The van der Waals surface area contributed by atoms with Crippen molar-refractivity contribution in [3.63, 3.8) is 0 Å². The zero-order chi connectivity index (χ0) is 16.4. The maximum Gasteiger partial charge on any atom is 0.203 e. The third kappa shape index (κ3) is 6.32. The SMILES string of the molecule is CCNC(=NCCc1ccc(OC)c(OC)c1OC)NCC.I. The van der Waals surface area contributed by atoms with Crippen LogP contribution in [0.15, 0.2) is 17.1 Å². The molecule has 0 aliphatic carbocycles. The Morgan fingerprint density at radius 1 is 0.957 bits per heavy atom. The van der Waals surface area contributed by atoms with Gasteiger partial charge in [-0.05, 0) is 26.3 Å². The number of rotatable bonds is 8. The first-order valence-electron chi connectivity index (χ1n) is 7.51. The standard InChI is InChI=1S/C16H27N3O3.HI/c1-6-17-16(18-7-2)19-11-10-12-8-9-13(20-3)15(22-5)14(12)21-4;/h8-9H,6-7,10-11H2,1-5H3,(H2,17,18,19);1H. The third-order valence-corrected chi connectivity index (χ3v) is 3.13. The highest BCUT2D eigenvalue weighted by Crippen LogP contribution is 2.39. The van der Waals surface area contributed by atoms with E-state index in [0.717, 1.165) is 31.0 Å². The van der Waals surface area contributed by atoms with Crippen molar-refractivity contribution >= 4 is 29.9 Å². The van der Waals surface area contributed by atoms with Crippen LogP contribution >= 0.6 is 24.0 Å². The van der Waals surface area contributed by atoms with Crippen LogP contribution in [0.25, 0.3) is 0 Å². The molecule has 0 aliphatic heterocycles. The lowest BCUT2D eigenvalue weighted by Gasteiger charge is -2.15. The van der Waals surface area contributed by atoms with E-state index in [1.165, 1.54) is 0 Å². The van der Waals surface area contributed by atoms with Crippen molar-refractivity contribution in [3.8, 4) is 17.2 Å². The number of ether oxygens (including phenoxy) is 3. The summed E-state index contributed by atoms with van der Waals surface area (Å²) in [5, 5.41) is 6.40. The van der Waals surface area contributed by atoms with Crippen LogP contribution in [0.4, 0.5) is 0 Å². The summed E-state index contributed by atoms with van der Waals surface area (Å²) in [6.07, 6.45) is 0.754. The maximum atomic E-state index is 5.48. The van der Waals surface area contributed by atoms with E-state index in [-0.39, 0.29) is 24.0 Å². The van der Waals surface area contributed by atoms with E-state index >= 15 is 0 Å². The number of hydrogen-bond acceptors (Lipinski definition) is 4. The van der Waals surface area contributed by atoms with Crippen molar-refractivity contribution in [2.45, 2.75) is 20.3 Å². The zero-order valence-corrected chi connectivity index (χ0v) is 16.9. The molecule has 23 heavy (non-hydrogen) atoms. The zero-order valence-electron chi connectivity index (χ0n) is 14.6. The third-order valence-electron chi connectivity index (χ3n) is 3.13. The average Bonchev–Trinajstić information content (AvgIpc) is 2.54. The Bertz CT molecular complexity index is 488. The Balaban J connectivity index is 0.00000484. The van der Waals surface area contributed by atoms with Gasteiger partial charge in [-0.2, -0.15) is 0 Å². The van der Waals surface area contributed by atoms with Gasteiger partial charge in [0.1, 0.15) is 0 Å². The van der Waals surface area contributed by atoms with Gasteiger partial charge in [0.25, 0.3) is 0 Å². The van der Waals surface area contributed by atoms with Gasteiger partial charge in [-0.3, -0.25) is 4.99 Å². The molecular formula is C16H28IN3O3. The quantitative estimate of drug-likeness (QED) is 0.372. The van der Waals surface area contributed by atoms with Crippen LogP contribution in [0.1, 0.15) is 19.4 Å². The van der Waals surface area contributed by atoms with Crippen LogP contribution in [0.5, 0.6) is 17.2 Å². The number of aliphatic imine (C=N–C) groups is 1. The molecule has 1 rings (SSSR count). The molecule has 0 spiro atoms. The number of benzene rings is 1. The number of guanidine groups is 1. The van der Waals surface area contributed by atoms with Crippen LogP contribution < -0.4 is 24.8 Å². The van der Waals surface area contributed by atoms with Crippen molar-refractivity contribution in [1.29, 1.82) is 0 Å². The molecule has 7 heteroatoms. The van der Waals surface area contributed by atoms with E-state index in [2.05, 4.69) is 15.6 Å². The molecule has 132 valence electrons. The Labute approximate surface area is 156 Å². The van der Waals surface area contributed by atoms with E-state index in [1.807, 2.05) is 26.0 Å². The van der Waals surface area contributed by atoms with Crippen LogP contribution in [-0.2, 0) is 6.42 Å². The summed E-state index contributed by atoms with van der Waals surface area (Å²) < 4.78 is 16.2. The predicted octanol–water partition coefficient (Wildman–Crippen LogP) is 2.45. The molecule has 0 saturated carbocycles. The molecule has 2 N–H and O–H groups in total.